The van der Waals surface area contributed by atoms with Crippen molar-refractivity contribution in [2.45, 2.75) is 6.04 Å². The predicted octanol–water partition coefficient (Wildman–Crippen LogP) is 1.91. The Balaban J connectivity index is 1.97. The van der Waals surface area contributed by atoms with Gasteiger partial charge in [-0.25, -0.2) is 0 Å². The van der Waals surface area contributed by atoms with Crippen LogP contribution in [0.4, 0.5) is 0 Å². The third-order valence-corrected chi connectivity index (χ3v) is 2.70. The molecule has 0 aromatic carbocycles. The van der Waals surface area contributed by atoms with Gasteiger partial charge in [0.1, 0.15) is 5.76 Å². The Kier molecular flexibility index (Phi) is 3.84. The minimum absolute atomic E-state index is 0.00101. The van der Waals surface area contributed by atoms with Gasteiger partial charge < -0.3 is 14.2 Å². The van der Waals surface area contributed by atoms with Crippen molar-refractivity contribution in [3.8, 4) is 0 Å². The van der Waals surface area contributed by atoms with E-state index in [-0.39, 0.29) is 11.9 Å². The van der Waals surface area contributed by atoms with Gasteiger partial charge in [0, 0.05) is 6.54 Å². The van der Waals surface area contributed by atoms with Crippen LogP contribution in [0.15, 0.2) is 45.6 Å². The van der Waals surface area contributed by atoms with Gasteiger partial charge in [0.05, 0.1) is 18.6 Å². The molecule has 1 atom stereocenters. The SMILES string of the molecule is CN(C)[C@@H](CNC(=O)c1ccco1)c1ccco1. The first-order valence-electron chi connectivity index (χ1n) is 5.70. The summed E-state index contributed by atoms with van der Waals surface area (Å²) in [6.45, 7) is 0.458. The van der Waals surface area contributed by atoms with Gasteiger partial charge in [-0.2, -0.15) is 0 Å². The average molecular weight is 248 g/mol. The van der Waals surface area contributed by atoms with Crippen molar-refractivity contribution in [1.29, 1.82) is 0 Å². The number of carbonyl (C=O) groups excluding carboxylic acids is 1. The standard InChI is InChI=1S/C13H16N2O3/c1-15(2)10(11-5-3-7-17-11)9-14-13(16)12-6-4-8-18-12/h3-8,10H,9H2,1-2H3,(H,14,16)/t10-/m0/s1. The molecule has 5 nitrogen and oxygen atoms in total. The molecular formula is C13H16N2O3. The molecule has 0 unspecified atom stereocenters. The summed E-state index contributed by atoms with van der Waals surface area (Å²) < 4.78 is 10.4. The van der Waals surface area contributed by atoms with Crippen molar-refractivity contribution in [1.82, 2.24) is 10.2 Å². The van der Waals surface area contributed by atoms with Crippen LogP contribution in [-0.2, 0) is 0 Å². The van der Waals surface area contributed by atoms with Gasteiger partial charge in [-0.3, -0.25) is 9.69 Å². The molecule has 1 amide bonds. The van der Waals surface area contributed by atoms with E-state index in [0.29, 0.717) is 12.3 Å². The van der Waals surface area contributed by atoms with E-state index < -0.39 is 0 Å². The molecule has 0 bridgehead atoms. The lowest BCUT2D eigenvalue weighted by Crippen LogP contribution is -2.34. The molecule has 0 aliphatic rings. The maximum atomic E-state index is 11.7. The zero-order chi connectivity index (χ0) is 13.0. The van der Waals surface area contributed by atoms with Crippen LogP contribution in [0.25, 0.3) is 0 Å². The summed E-state index contributed by atoms with van der Waals surface area (Å²) in [5, 5.41) is 2.82. The minimum atomic E-state index is -0.224. The Labute approximate surface area is 105 Å². The fraction of sp³-hybridized carbons (Fsp3) is 0.308. The molecular weight excluding hydrogens is 232 g/mol. The molecule has 0 aliphatic heterocycles. The monoisotopic (exact) mass is 248 g/mol. The molecule has 96 valence electrons. The Morgan fingerprint density at radius 1 is 1.28 bits per heavy atom. The summed E-state index contributed by atoms with van der Waals surface area (Å²) in [6, 6.07) is 7.04. The van der Waals surface area contributed by atoms with Crippen molar-refractivity contribution in [2.75, 3.05) is 20.6 Å². The van der Waals surface area contributed by atoms with E-state index in [1.807, 2.05) is 31.1 Å². The average Bonchev–Trinajstić information content (AvgIpc) is 3.01. The van der Waals surface area contributed by atoms with Gasteiger partial charge in [0.15, 0.2) is 5.76 Å². The molecule has 5 heteroatoms. The van der Waals surface area contributed by atoms with Gasteiger partial charge in [0.2, 0.25) is 0 Å². The van der Waals surface area contributed by atoms with Crippen molar-refractivity contribution in [2.24, 2.45) is 0 Å². The van der Waals surface area contributed by atoms with Crippen LogP contribution in [0.5, 0.6) is 0 Å². The summed E-state index contributed by atoms with van der Waals surface area (Å²) in [5.74, 6) is 0.908. The first-order chi connectivity index (χ1) is 8.68. The minimum Gasteiger partial charge on any atom is -0.468 e. The number of hydrogen-bond acceptors (Lipinski definition) is 4. The summed E-state index contributed by atoms with van der Waals surface area (Å²) in [6.07, 6.45) is 3.10. The number of likely N-dealkylation sites (N-methyl/N-ethyl adjacent to an activating group) is 1. The lowest BCUT2D eigenvalue weighted by atomic mass is 10.2. The maximum Gasteiger partial charge on any atom is 0.287 e. The van der Waals surface area contributed by atoms with Gasteiger partial charge in [-0.05, 0) is 38.4 Å². The molecule has 0 saturated heterocycles. The second kappa shape index (κ2) is 5.55. The van der Waals surface area contributed by atoms with E-state index in [1.54, 1.807) is 18.4 Å². The molecule has 0 saturated carbocycles. The Bertz CT molecular complexity index is 474. The molecule has 2 rings (SSSR count). The van der Waals surface area contributed by atoms with Crippen LogP contribution < -0.4 is 5.32 Å². The zero-order valence-electron chi connectivity index (χ0n) is 10.4. The van der Waals surface area contributed by atoms with Gasteiger partial charge in [-0.15, -0.1) is 0 Å². The quantitative estimate of drug-likeness (QED) is 0.878. The second-order valence-electron chi connectivity index (χ2n) is 4.18. The van der Waals surface area contributed by atoms with Crippen LogP contribution in [0.2, 0.25) is 0 Å². The lowest BCUT2D eigenvalue weighted by Gasteiger charge is -2.22. The van der Waals surface area contributed by atoms with Crippen LogP contribution in [0, 0.1) is 0 Å². The smallest absolute Gasteiger partial charge is 0.287 e. The number of furan rings is 2. The zero-order valence-corrected chi connectivity index (χ0v) is 10.4. The number of hydrogen-bond donors (Lipinski definition) is 1. The van der Waals surface area contributed by atoms with E-state index >= 15 is 0 Å². The first kappa shape index (κ1) is 12.4. The maximum absolute atomic E-state index is 11.7. The number of carbonyl (C=O) groups is 1. The van der Waals surface area contributed by atoms with E-state index in [0.717, 1.165) is 5.76 Å². The fourth-order valence-electron chi connectivity index (χ4n) is 1.70. The summed E-state index contributed by atoms with van der Waals surface area (Å²) in [7, 11) is 3.87. The third kappa shape index (κ3) is 2.81. The number of nitrogens with zero attached hydrogens (tertiary/aromatic N) is 1. The highest BCUT2D eigenvalue weighted by atomic mass is 16.3. The van der Waals surface area contributed by atoms with Crippen molar-refractivity contribution in [3.63, 3.8) is 0 Å². The van der Waals surface area contributed by atoms with Crippen LogP contribution in [0.3, 0.4) is 0 Å². The van der Waals surface area contributed by atoms with Crippen molar-refractivity contribution in [3.05, 3.63) is 48.3 Å². The normalized spacial score (nSPS) is 12.6. The largest absolute Gasteiger partial charge is 0.468 e. The first-order valence-corrected chi connectivity index (χ1v) is 5.70. The molecule has 2 aromatic rings. The predicted molar refractivity (Wildman–Crippen MR) is 66.2 cm³/mol. The van der Waals surface area contributed by atoms with Crippen molar-refractivity contribution >= 4 is 5.91 Å². The Morgan fingerprint density at radius 2 is 2.00 bits per heavy atom. The van der Waals surface area contributed by atoms with Gasteiger partial charge in [0.25, 0.3) is 5.91 Å². The number of amides is 1. The fourth-order valence-corrected chi connectivity index (χ4v) is 1.70. The topological polar surface area (TPSA) is 58.6 Å². The van der Waals surface area contributed by atoms with Crippen LogP contribution in [-0.4, -0.2) is 31.4 Å². The Morgan fingerprint density at radius 3 is 2.56 bits per heavy atom. The molecule has 18 heavy (non-hydrogen) atoms. The highest BCUT2D eigenvalue weighted by Gasteiger charge is 2.18. The summed E-state index contributed by atoms with van der Waals surface area (Å²) >= 11 is 0. The van der Waals surface area contributed by atoms with E-state index in [9.17, 15) is 4.79 Å². The molecule has 2 heterocycles. The third-order valence-electron chi connectivity index (χ3n) is 2.70. The molecule has 0 radical (unpaired) electrons. The number of nitrogens with one attached hydrogen (secondary N) is 1. The molecule has 1 N–H and O–H groups in total. The van der Waals surface area contributed by atoms with E-state index in [4.69, 9.17) is 8.83 Å². The molecule has 0 fully saturated rings. The molecule has 0 spiro atoms. The van der Waals surface area contributed by atoms with Crippen LogP contribution in [0.1, 0.15) is 22.4 Å². The summed E-state index contributed by atoms with van der Waals surface area (Å²) in [4.78, 5) is 13.7. The molecule has 0 aliphatic carbocycles. The van der Waals surface area contributed by atoms with Crippen molar-refractivity contribution < 1.29 is 13.6 Å². The summed E-state index contributed by atoms with van der Waals surface area (Å²) in [5.41, 5.74) is 0. The van der Waals surface area contributed by atoms with Gasteiger partial charge >= 0.3 is 0 Å². The highest BCUT2D eigenvalue weighted by Crippen LogP contribution is 2.17. The molecule has 2 aromatic heterocycles. The number of rotatable bonds is 5. The lowest BCUT2D eigenvalue weighted by molar-refractivity contribution is 0.0911. The second-order valence-corrected chi connectivity index (χ2v) is 4.18. The van der Waals surface area contributed by atoms with E-state index in [1.165, 1.54) is 6.26 Å². The highest BCUT2D eigenvalue weighted by molar-refractivity contribution is 5.91. The van der Waals surface area contributed by atoms with Gasteiger partial charge in [-0.1, -0.05) is 0 Å². The van der Waals surface area contributed by atoms with E-state index in [2.05, 4.69) is 5.32 Å². The Hall–Kier alpha value is -2.01. The van der Waals surface area contributed by atoms with Crippen LogP contribution >= 0.6 is 0 Å².